The van der Waals surface area contributed by atoms with E-state index >= 15 is 0 Å². The first kappa shape index (κ1) is 20.3. The number of imide groups is 1. The van der Waals surface area contributed by atoms with Crippen molar-refractivity contribution in [1.29, 1.82) is 0 Å². The summed E-state index contributed by atoms with van der Waals surface area (Å²) in [5.41, 5.74) is 4.14. The summed E-state index contributed by atoms with van der Waals surface area (Å²) >= 11 is 3.36. The number of carbonyl (C=O) groups excluding carboxylic acids is 2. The monoisotopic (exact) mass is 502 g/mol. The fraction of sp³-hybridized carbons (Fsp3) is 0.231. The highest BCUT2D eigenvalue weighted by Crippen LogP contribution is 2.65. The van der Waals surface area contributed by atoms with Gasteiger partial charge in [0.05, 0.1) is 22.4 Å². The molecule has 0 N–H and O–H groups in total. The molecule has 0 spiro atoms. The van der Waals surface area contributed by atoms with Gasteiger partial charge in [0.25, 0.3) is 5.69 Å². The zero-order chi connectivity index (χ0) is 23.1. The van der Waals surface area contributed by atoms with Gasteiger partial charge in [-0.05, 0) is 50.7 Å². The minimum absolute atomic E-state index is 0.105. The van der Waals surface area contributed by atoms with Gasteiger partial charge in [0.15, 0.2) is 0 Å². The summed E-state index contributed by atoms with van der Waals surface area (Å²) in [6.07, 6.45) is 0.684. The van der Waals surface area contributed by atoms with E-state index in [1.807, 2.05) is 24.3 Å². The lowest BCUT2D eigenvalue weighted by molar-refractivity contribution is -0.384. The molecule has 0 radical (unpaired) electrons. The fourth-order valence-corrected chi connectivity index (χ4v) is 7.10. The van der Waals surface area contributed by atoms with E-state index < -0.39 is 22.2 Å². The molecule has 4 aliphatic rings. The molecular formula is C26H19BrN2O4. The van der Waals surface area contributed by atoms with Crippen LogP contribution < -0.4 is 4.90 Å². The number of non-ortho nitro benzene ring substituents is 1. The van der Waals surface area contributed by atoms with Crippen LogP contribution in [-0.2, 0) is 15.0 Å². The van der Waals surface area contributed by atoms with E-state index in [-0.39, 0.29) is 23.4 Å². The van der Waals surface area contributed by atoms with E-state index in [9.17, 15) is 19.7 Å². The van der Waals surface area contributed by atoms with Crippen molar-refractivity contribution in [3.63, 3.8) is 0 Å². The molecule has 3 aromatic carbocycles. The number of amides is 2. The number of rotatable bonds is 3. The summed E-state index contributed by atoms with van der Waals surface area (Å²) in [6.45, 7) is 2.08. The predicted molar refractivity (Wildman–Crippen MR) is 126 cm³/mol. The third kappa shape index (κ3) is 2.38. The normalized spacial score (nSPS) is 26.7. The van der Waals surface area contributed by atoms with Gasteiger partial charge in [-0.15, -0.1) is 0 Å². The number of carbonyl (C=O) groups is 2. The van der Waals surface area contributed by atoms with Crippen molar-refractivity contribution in [2.75, 3.05) is 4.90 Å². The van der Waals surface area contributed by atoms with Crippen molar-refractivity contribution in [1.82, 2.24) is 0 Å². The molecule has 0 aromatic heterocycles. The third-order valence-electron chi connectivity index (χ3n) is 7.73. The Morgan fingerprint density at radius 1 is 0.970 bits per heavy atom. The second kappa shape index (κ2) is 6.84. The Bertz CT molecular complexity index is 1340. The second-order valence-corrected chi connectivity index (χ2v) is 9.74. The summed E-state index contributed by atoms with van der Waals surface area (Å²) in [6, 6.07) is 20.5. The van der Waals surface area contributed by atoms with Gasteiger partial charge in [-0.25, -0.2) is 4.90 Å². The van der Waals surface area contributed by atoms with E-state index in [0.717, 1.165) is 22.3 Å². The topological polar surface area (TPSA) is 80.5 Å². The number of nitro benzene ring substituents is 1. The van der Waals surface area contributed by atoms with E-state index in [0.29, 0.717) is 16.6 Å². The second-order valence-electron chi connectivity index (χ2n) is 8.89. The summed E-state index contributed by atoms with van der Waals surface area (Å²) in [5.74, 6) is -1.72. The number of hydrogen-bond acceptors (Lipinski definition) is 4. The van der Waals surface area contributed by atoms with Crippen LogP contribution in [0.4, 0.5) is 11.4 Å². The van der Waals surface area contributed by atoms with E-state index in [4.69, 9.17) is 0 Å². The predicted octanol–water partition coefficient (Wildman–Crippen LogP) is 5.32. The van der Waals surface area contributed by atoms with Crippen LogP contribution in [0, 0.1) is 22.0 Å². The van der Waals surface area contributed by atoms with Gasteiger partial charge in [0.1, 0.15) is 0 Å². The molecule has 1 fully saturated rings. The first-order chi connectivity index (χ1) is 15.9. The Balaban J connectivity index is 1.59. The summed E-state index contributed by atoms with van der Waals surface area (Å²) in [7, 11) is 0. The lowest BCUT2D eigenvalue weighted by Crippen LogP contribution is -2.53. The average molecular weight is 503 g/mol. The Morgan fingerprint density at radius 2 is 1.58 bits per heavy atom. The van der Waals surface area contributed by atoms with Crippen LogP contribution >= 0.6 is 15.9 Å². The molecule has 33 heavy (non-hydrogen) atoms. The number of nitrogens with zero attached hydrogens (tertiary/aromatic N) is 2. The molecule has 1 aliphatic heterocycles. The van der Waals surface area contributed by atoms with Gasteiger partial charge < -0.3 is 0 Å². The quantitative estimate of drug-likeness (QED) is 0.275. The van der Waals surface area contributed by atoms with E-state index in [1.165, 1.54) is 23.1 Å². The van der Waals surface area contributed by atoms with Crippen molar-refractivity contribution in [3.8, 4) is 0 Å². The van der Waals surface area contributed by atoms with E-state index in [2.05, 4.69) is 47.1 Å². The minimum Gasteiger partial charge on any atom is -0.274 e. The molecule has 3 aliphatic carbocycles. The van der Waals surface area contributed by atoms with Crippen LogP contribution in [0.5, 0.6) is 0 Å². The number of benzene rings is 3. The third-order valence-corrected chi connectivity index (χ3v) is 8.37. The number of anilines is 1. The van der Waals surface area contributed by atoms with Crippen molar-refractivity contribution in [2.24, 2.45) is 11.8 Å². The number of hydrogen-bond donors (Lipinski definition) is 0. The van der Waals surface area contributed by atoms with Crippen molar-refractivity contribution < 1.29 is 14.5 Å². The van der Waals surface area contributed by atoms with Crippen molar-refractivity contribution >= 4 is 39.1 Å². The summed E-state index contributed by atoms with van der Waals surface area (Å²) in [4.78, 5) is 39.9. The van der Waals surface area contributed by atoms with Crippen LogP contribution in [-0.4, -0.2) is 16.7 Å². The molecule has 1 heterocycles. The molecule has 0 unspecified atom stereocenters. The first-order valence-corrected chi connectivity index (χ1v) is 11.7. The molecule has 164 valence electrons. The van der Waals surface area contributed by atoms with Gasteiger partial charge in [-0.3, -0.25) is 19.7 Å². The average Bonchev–Trinajstić information content (AvgIpc) is 3.10. The molecule has 7 heteroatoms. The van der Waals surface area contributed by atoms with Gasteiger partial charge in [0, 0.05) is 27.9 Å². The van der Waals surface area contributed by atoms with Gasteiger partial charge in [-0.2, -0.15) is 0 Å². The maximum Gasteiger partial charge on any atom is 0.270 e. The molecule has 3 aromatic rings. The Labute approximate surface area is 198 Å². The maximum atomic E-state index is 14.0. The van der Waals surface area contributed by atoms with Gasteiger partial charge in [0.2, 0.25) is 11.8 Å². The Kier molecular flexibility index (Phi) is 4.21. The number of halogens is 1. The van der Waals surface area contributed by atoms with Gasteiger partial charge >= 0.3 is 0 Å². The van der Waals surface area contributed by atoms with E-state index in [1.54, 1.807) is 0 Å². The Morgan fingerprint density at radius 3 is 2.12 bits per heavy atom. The zero-order valence-electron chi connectivity index (χ0n) is 17.7. The SMILES string of the molecule is CCC12c3ccccc3C(c3ccccc31)[C@@H]1C(=O)N(c3ccc([N+](=O)[O-])cc3Br)C(=O)[C@H]12. The standard InChI is InChI=1S/C26H19BrN2O4/c1-2-26-17-9-5-3-7-15(17)21(16-8-4-6-10-18(16)26)22-23(26)25(31)28(24(22)30)20-12-11-14(29(32)33)13-19(20)27/h3-13,21-23H,2H2,1H3/t21?,22-,23-,26?/m0/s1. The molecule has 0 saturated carbocycles. The molecule has 1 saturated heterocycles. The van der Waals surface area contributed by atoms with Crippen LogP contribution in [0.3, 0.4) is 0 Å². The lowest BCUT2D eigenvalue weighted by atomic mass is 9.46. The highest BCUT2D eigenvalue weighted by atomic mass is 79.9. The Hall–Kier alpha value is -3.32. The maximum absolute atomic E-state index is 14.0. The van der Waals surface area contributed by atoms with Gasteiger partial charge in [-0.1, -0.05) is 55.5 Å². The smallest absolute Gasteiger partial charge is 0.270 e. The highest BCUT2D eigenvalue weighted by molar-refractivity contribution is 9.10. The molecule has 2 amide bonds. The summed E-state index contributed by atoms with van der Waals surface area (Å²) < 4.78 is 0.352. The van der Waals surface area contributed by atoms with Crippen LogP contribution in [0.15, 0.2) is 71.2 Å². The van der Waals surface area contributed by atoms with Crippen molar-refractivity contribution in [3.05, 3.63) is 104 Å². The minimum atomic E-state index is -0.596. The van der Waals surface area contributed by atoms with Crippen molar-refractivity contribution in [2.45, 2.75) is 24.7 Å². The molecule has 6 nitrogen and oxygen atoms in total. The fourth-order valence-electron chi connectivity index (χ4n) is 6.56. The molecule has 2 bridgehead atoms. The largest absolute Gasteiger partial charge is 0.274 e. The molecule has 7 rings (SSSR count). The molecule has 2 atom stereocenters. The zero-order valence-corrected chi connectivity index (χ0v) is 19.3. The van der Waals surface area contributed by atoms with Crippen LogP contribution in [0.25, 0.3) is 0 Å². The molecular weight excluding hydrogens is 484 g/mol. The first-order valence-electron chi connectivity index (χ1n) is 10.9. The summed E-state index contributed by atoms with van der Waals surface area (Å²) in [5, 5.41) is 11.2. The number of nitro groups is 1. The lowest BCUT2D eigenvalue weighted by Gasteiger charge is -2.54. The van der Waals surface area contributed by atoms with Crippen LogP contribution in [0.1, 0.15) is 41.5 Å². The highest BCUT2D eigenvalue weighted by Gasteiger charge is 2.67. The van der Waals surface area contributed by atoms with Crippen LogP contribution in [0.2, 0.25) is 0 Å².